The summed E-state index contributed by atoms with van der Waals surface area (Å²) < 4.78 is 26.8. The Kier molecular flexibility index (Phi) is 5.48. The molecule has 1 unspecified atom stereocenters. The van der Waals surface area contributed by atoms with Crippen LogP contribution in [0.4, 0.5) is 0 Å². The van der Waals surface area contributed by atoms with Crippen LogP contribution in [0, 0.1) is 0 Å². The number of hydrogen-bond acceptors (Lipinski definition) is 4. The number of carboxylic acid groups (broad SMARTS) is 1. The molecule has 0 bridgehead atoms. The predicted octanol–water partition coefficient (Wildman–Crippen LogP) is 1.20. The van der Waals surface area contributed by atoms with Crippen LogP contribution in [0.3, 0.4) is 0 Å². The Morgan fingerprint density at radius 1 is 1.47 bits per heavy atom. The zero-order chi connectivity index (χ0) is 14.6. The molecule has 3 N–H and O–H groups in total. The highest BCUT2D eigenvalue weighted by Crippen LogP contribution is 2.23. The summed E-state index contributed by atoms with van der Waals surface area (Å²) >= 11 is 3.08. The highest BCUT2D eigenvalue weighted by atomic mass is 79.9. The summed E-state index contributed by atoms with van der Waals surface area (Å²) in [4.78, 5) is 10.7. The van der Waals surface area contributed by atoms with Crippen molar-refractivity contribution in [3.05, 3.63) is 28.2 Å². The number of aliphatic hydroxyl groups excluding tert-OH is 1. The number of aromatic carboxylic acids is 1. The van der Waals surface area contributed by atoms with Crippen LogP contribution in [-0.4, -0.2) is 37.2 Å². The van der Waals surface area contributed by atoms with Crippen LogP contribution in [0.15, 0.2) is 27.6 Å². The average Bonchev–Trinajstić information content (AvgIpc) is 2.28. The van der Waals surface area contributed by atoms with Crippen molar-refractivity contribution in [2.75, 3.05) is 6.61 Å². The van der Waals surface area contributed by atoms with Crippen molar-refractivity contribution in [2.24, 2.45) is 0 Å². The Bertz CT molecular complexity index is 572. The van der Waals surface area contributed by atoms with Crippen molar-refractivity contribution < 1.29 is 23.4 Å². The fraction of sp³-hybridized carbons (Fsp3) is 0.364. The second-order valence-electron chi connectivity index (χ2n) is 3.98. The number of aliphatic hydroxyl groups is 1. The Labute approximate surface area is 119 Å². The summed E-state index contributed by atoms with van der Waals surface area (Å²) in [7, 11) is -3.84. The first-order valence-electron chi connectivity index (χ1n) is 5.44. The lowest BCUT2D eigenvalue weighted by atomic mass is 10.2. The molecule has 0 saturated heterocycles. The average molecular weight is 352 g/mol. The molecule has 0 aliphatic rings. The normalized spacial score (nSPS) is 13.2. The summed E-state index contributed by atoms with van der Waals surface area (Å²) in [5, 5.41) is 17.6. The van der Waals surface area contributed by atoms with E-state index >= 15 is 0 Å². The van der Waals surface area contributed by atoms with Crippen molar-refractivity contribution in [1.29, 1.82) is 0 Å². The molecule has 0 aliphatic carbocycles. The summed E-state index contributed by atoms with van der Waals surface area (Å²) in [6.45, 7) is 1.47. The molecule has 1 atom stereocenters. The fourth-order valence-corrected chi connectivity index (χ4v) is 3.69. The molecule has 106 valence electrons. The van der Waals surface area contributed by atoms with Gasteiger partial charge in [0.25, 0.3) is 0 Å². The van der Waals surface area contributed by atoms with Gasteiger partial charge >= 0.3 is 5.97 Å². The van der Waals surface area contributed by atoms with Gasteiger partial charge in [-0.2, -0.15) is 0 Å². The van der Waals surface area contributed by atoms with E-state index in [9.17, 15) is 13.2 Å². The van der Waals surface area contributed by atoms with Gasteiger partial charge in [-0.05, 0) is 47.5 Å². The second kappa shape index (κ2) is 6.47. The lowest BCUT2D eigenvalue weighted by Gasteiger charge is -2.14. The van der Waals surface area contributed by atoms with Crippen LogP contribution in [0.2, 0.25) is 0 Å². The Morgan fingerprint density at radius 2 is 2.11 bits per heavy atom. The lowest BCUT2D eigenvalue weighted by molar-refractivity contribution is 0.0696. The van der Waals surface area contributed by atoms with Gasteiger partial charge in [0.05, 0.1) is 10.5 Å². The number of carboxylic acids is 1. The topological polar surface area (TPSA) is 104 Å². The van der Waals surface area contributed by atoms with Gasteiger partial charge in [0.15, 0.2) is 0 Å². The molecule has 1 aromatic rings. The molecule has 0 spiro atoms. The molecular weight excluding hydrogens is 338 g/mol. The number of nitrogens with one attached hydrogen (secondary N) is 1. The molecule has 8 heteroatoms. The molecule has 0 heterocycles. The Morgan fingerprint density at radius 3 is 2.63 bits per heavy atom. The van der Waals surface area contributed by atoms with Crippen LogP contribution in [0.5, 0.6) is 0 Å². The summed E-state index contributed by atoms with van der Waals surface area (Å²) in [5.41, 5.74) is -0.113. The Balaban J connectivity index is 3.13. The summed E-state index contributed by atoms with van der Waals surface area (Å²) in [6.07, 6.45) is 0.273. The van der Waals surface area contributed by atoms with Gasteiger partial charge in [0, 0.05) is 17.1 Å². The standard InChI is InChI=1S/C11H14BrNO5S/c1-7(4-5-14)13-19(17,18)10-6-8(11(15)16)2-3-9(10)12/h2-3,6-7,13-14H,4-5H2,1H3,(H,15,16). The van der Waals surface area contributed by atoms with Crippen molar-refractivity contribution in [2.45, 2.75) is 24.3 Å². The van der Waals surface area contributed by atoms with Gasteiger partial charge in [0.2, 0.25) is 10.0 Å². The van der Waals surface area contributed by atoms with Gasteiger partial charge in [-0.15, -0.1) is 0 Å². The highest BCUT2D eigenvalue weighted by molar-refractivity contribution is 9.10. The van der Waals surface area contributed by atoms with E-state index in [-0.39, 0.29) is 28.0 Å². The predicted molar refractivity (Wildman–Crippen MR) is 72.6 cm³/mol. The zero-order valence-electron chi connectivity index (χ0n) is 10.1. The molecule has 0 aliphatic heterocycles. The number of carbonyl (C=O) groups is 1. The number of halogens is 1. The molecule has 0 fully saturated rings. The van der Waals surface area contributed by atoms with Crippen LogP contribution < -0.4 is 4.72 Å². The summed E-state index contributed by atoms with van der Waals surface area (Å²) in [6, 6.07) is 3.31. The lowest BCUT2D eigenvalue weighted by Crippen LogP contribution is -2.33. The third-order valence-electron chi connectivity index (χ3n) is 2.39. The van der Waals surface area contributed by atoms with Gasteiger partial charge in [-0.1, -0.05) is 0 Å². The maximum atomic E-state index is 12.1. The number of rotatable bonds is 6. The molecule has 6 nitrogen and oxygen atoms in total. The quantitative estimate of drug-likeness (QED) is 0.714. The number of hydrogen-bond donors (Lipinski definition) is 3. The molecule has 0 aromatic heterocycles. The Hall–Kier alpha value is -0.960. The second-order valence-corrected chi connectivity index (χ2v) is 6.52. The molecule has 1 aromatic carbocycles. The van der Waals surface area contributed by atoms with E-state index in [4.69, 9.17) is 10.2 Å². The third kappa shape index (κ3) is 4.27. The molecule has 0 radical (unpaired) electrons. The minimum atomic E-state index is -3.84. The summed E-state index contributed by atoms with van der Waals surface area (Å²) in [5.74, 6) is -1.20. The van der Waals surface area contributed by atoms with E-state index in [0.29, 0.717) is 0 Å². The van der Waals surface area contributed by atoms with Crippen molar-refractivity contribution in [3.63, 3.8) is 0 Å². The number of benzene rings is 1. The minimum Gasteiger partial charge on any atom is -0.478 e. The van der Waals surface area contributed by atoms with Crippen LogP contribution in [0.1, 0.15) is 23.7 Å². The monoisotopic (exact) mass is 351 g/mol. The molecule has 0 amide bonds. The largest absolute Gasteiger partial charge is 0.478 e. The van der Waals surface area contributed by atoms with Gasteiger partial charge in [0.1, 0.15) is 0 Å². The highest BCUT2D eigenvalue weighted by Gasteiger charge is 2.21. The van der Waals surface area contributed by atoms with E-state index in [2.05, 4.69) is 20.7 Å². The zero-order valence-corrected chi connectivity index (χ0v) is 12.5. The maximum absolute atomic E-state index is 12.1. The van der Waals surface area contributed by atoms with E-state index < -0.39 is 22.0 Å². The van der Waals surface area contributed by atoms with Crippen LogP contribution in [-0.2, 0) is 10.0 Å². The molecular formula is C11H14BrNO5S. The van der Waals surface area contributed by atoms with Gasteiger partial charge in [-0.3, -0.25) is 0 Å². The van der Waals surface area contributed by atoms with Crippen LogP contribution >= 0.6 is 15.9 Å². The SMILES string of the molecule is CC(CCO)NS(=O)(=O)c1cc(C(=O)O)ccc1Br. The van der Waals surface area contributed by atoms with Crippen molar-refractivity contribution in [1.82, 2.24) is 4.72 Å². The maximum Gasteiger partial charge on any atom is 0.335 e. The first kappa shape index (κ1) is 16.1. The van der Waals surface area contributed by atoms with Gasteiger partial charge < -0.3 is 10.2 Å². The fourth-order valence-electron chi connectivity index (χ4n) is 1.42. The van der Waals surface area contributed by atoms with Crippen LogP contribution in [0.25, 0.3) is 0 Å². The third-order valence-corrected chi connectivity index (χ3v) is 4.97. The van der Waals surface area contributed by atoms with Gasteiger partial charge in [-0.25, -0.2) is 17.9 Å². The number of sulfonamides is 1. The van der Waals surface area contributed by atoms with E-state index in [1.165, 1.54) is 12.1 Å². The van der Waals surface area contributed by atoms with E-state index in [1.54, 1.807) is 6.92 Å². The van der Waals surface area contributed by atoms with Crippen molar-refractivity contribution in [3.8, 4) is 0 Å². The first-order chi connectivity index (χ1) is 8.77. The van der Waals surface area contributed by atoms with E-state index in [1.807, 2.05) is 0 Å². The van der Waals surface area contributed by atoms with E-state index in [0.717, 1.165) is 6.07 Å². The molecule has 19 heavy (non-hydrogen) atoms. The van der Waals surface area contributed by atoms with Crippen molar-refractivity contribution >= 4 is 31.9 Å². The first-order valence-corrected chi connectivity index (χ1v) is 7.71. The molecule has 1 rings (SSSR count). The minimum absolute atomic E-state index is 0.113. The smallest absolute Gasteiger partial charge is 0.335 e. The molecule has 0 saturated carbocycles.